The summed E-state index contributed by atoms with van der Waals surface area (Å²) in [6, 6.07) is -0.971. The molecule has 8 heteroatoms. The van der Waals surface area contributed by atoms with Crippen molar-refractivity contribution in [3.8, 4) is 0 Å². The van der Waals surface area contributed by atoms with E-state index in [4.69, 9.17) is 0 Å². The van der Waals surface area contributed by atoms with Crippen LogP contribution in [0.1, 0.15) is 51.5 Å². The molecule has 0 aromatic carbocycles. The Balaban J connectivity index is 2.79. The Morgan fingerprint density at radius 1 is 1.35 bits per heavy atom. The Kier molecular flexibility index (Phi) is 6.26. The third-order valence-corrected chi connectivity index (χ3v) is 4.16. The van der Waals surface area contributed by atoms with Crippen LogP contribution < -0.4 is 10.6 Å². The summed E-state index contributed by atoms with van der Waals surface area (Å²) in [7, 11) is 0. The number of rotatable bonds is 6. The van der Waals surface area contributed by atoms with Crippen LogP contribution in [0.25, 0.3) is 0 Å². The van der Waals surface area contributed by atoms with E-state index in [1.807, 2.05) is 6.92 Å². The zero-order valence-electron chi connectivity index (χ0n) is 14.0. The Labute approximate surface area is 139 Å². The lowest BCUT2D eigenvalue weighted by atomic mass is 9.96. The summed E-state index contributed by atoms with van der Waals surface area (Å²) in [6.45, 7) is 8.93. The summed E-state index contributed by atoms with van der Waals surface area (Å²) in [5.74, 6) is -2.05. The first-order valence-electron chi connectivity index (χ1n) is 7.37. The van der Waals surface area contributed by atoms with Crippen LogP contribution in [0.4, 0.5) is 5.13 Å². The second-order valence-corrected chi connectivity index (χ2v) is 7.28. The topological polar surface area (TPSA) is 108 Å². The monoisotopic (exact) mass is 341 g/mol. The maximum absolute atomic E-state index is 12.1. The van der Waals surface area contributed by atoms with Crippen molar-refractivity contribution in [2.24, 2.45) is 11.3 Å². The van der Waals surface area contributed by atoms with Crippen LogP contribution in [-0.2, 0) is 9.59 Å². The second-order valence-electron chi connectivity index (χ2n) is 6.42. The number of hydrogen-bond donors (Lipinski definition) is 3. The summed E-state index contributed by atoms with van der Waals surface area (Å²) >= 11 is 1.12. The number of amides is 2. The van der Waals surface area contributed by atoms with Gasteiger partial charge in [-0.2, -0.15) is 0 Å². The van der Waals surface area contributed by atoms with Gasteiger partial charge in [0.25, 0.3) is 5.91 Å². The highest BCUT2D eigenvalue weighted by molar-refractivity contribution is 7.14. The van der Waals surface area contributed by atoms with Crippen LogP contribution in [0.5, 0.6) is 0 Å². The molecular weight excluding hydrogens is 318 g/mol. The van der Waals surface area contributed by atoms with Gasteiger partial charge in [-0.3, -0.25) is 9.59 Å². The number of aromatic nitrogens is 1. The smallest absolute Gasteiger partial charge is 0.326 e. The summed E-state index contributed by atoms with van der Waals surface area (Å²) in [5, 5.41) is 16.1. The maximum Gasteiger partial charge on any atom is 0.326 e. The quantitative estimate of drug-likeness (QED) is 0.736. The van der Waals surface area contributed by atoms with Crippen molar-refractivity contribution in [3.63, 3.8) is 0 Å². The van der Waals surface area contributed by atoms with Gasteiger partial charge in [0.1, 0.15) is 11.7 Å². The molecule has 0 aliphatic carbocycles. The zero-order chi connectivity index (χ0) is 17.8. The summed E-state index contributed by atoms with van der Waals surface area (Å²) in [5.41, 5.74) is -0.479. The van der Waals surface area contributed by atoms with Crippen molar-refractivity contribution in [1.82, 2.24) is 10.3 Å². The minimum atomic E-state index is -1.08. The van der Waals surface area contributed by atoms with E-state index < -0.39 is 23.3 Å². The molecule has 0 aliphatic heterocycles. The molecule has 0 saturated carbocycles. The van der Waals surface area contributed by atoms with Gasteiger partial charge in [-0.1, -0.05) is 41.0 Å². The second kappa shape index (κ2) is 7.54. The van der Waals surface area contributed by atoms with Gasteiger partial charge in [0.2, 0.25) is 5.91 Å². The molecule has 3 N–H and O–H groups in total. The minimum absolute atomic E-state index is 0.0914. The standard InChI is InChI=1S/C15H23N3O4S/c1-6-8(2)10(12(20)21)17-11(19)9-7-23-14(16-9)18-13(22)15(3,4)5/h7-8,10H,6H2,1-5H3,(H,17,19)(H,20,21)(H,16,18,22). The fraction of sp³-hybridized carbons (Fsp3) is 0.600. The number of carboxylic acids is 1. The Morgan fingerprint density at radius 2 is 1.96 bits per heavy atom. The minimum Gasteiger partial charge on any atom is -0.480 e. The molecule has 0 bridgehead atoms. The maximum atomic E-state index is 12.1. The normalized spacial score (nSPS) is 14.0. The number of carboxylic acid groups (broad SMARTS) is 1. The molecule has 0 aliphatic rings. The van der Waals surface area contributed by atoms with E-state index >= 15 is 0 Å². The third kappa shape index (κ3) is 5.31. The zero-order valence-corrected chi connectivity index (χ0v) is 14.8. The van der Waals surface area contributed by atoms with Crippen LogP contribution in [0.2, 0.25) is 0 Å². The molecular formula is C15H23N3O4S. The van der Waals surface area contributed by atoms with Crippen molar-refractivity contribution < 1.29 is 19.5 Å². The lowest BCUT2D eigenvalue weighted by Gasteiger charge is -2.19. The van der Waals surface area contributed by atoms with E-state index in [1.54, 1.807) is 27.7 Å². The number of nitrogens with one attached hydrogen (secondary N) is 2. The van der Waals surface area contributed by atoms with E-state index in [2.05, 4.69) is 15.6 Å². The van der Waals surface area contributed by atoms with Gasteiger partial charge in [-0.15, -0.1) is 11.3 Å². The Morgan fingerprint density at radius 3 is 2.43 bits per heavy atom. The number of aliphatic carboxylic acids is 1. The van der Waals surface area contributed by atoms with Crippen molar-refractivity contribution in [3.05, 3.63) is 11.1 Å². The number of nitrogens with zero attached hydrogens (tertiary/aromatic N) is 1. The van der Waals surface area contributed by atoms with Gasteiger partial charge in [-0.05, 0) is 5.92 Å². The van der Waals surface area contributed by atoms with Gasteiger partial charge >= 0.3 is 5.97 Å². The van der Waals surface area contributed by atoms with E-state index in [0.717, 1.165) is 11.3 Å². The van der Waals surface area contributed by atoms with E-state index in [9.17, 15) is 19.5 Å². The molecule has 0 fully saturated rings. The van der Waals surface area contributed by atoms with Crippen molar-refractivity contribution in [2.75, 3.05) is 5.32 Å². The highest BCUT2D eigenvalue weighted by Gasteiger charge is 2.27. The highest BCUT2D eigenvalue weighted by Crippen LogP contribution is 2.20. The van der Waals surface area contributed by atoms with Gasteiger partial charge in [0.15, 0.2) is 5.13 Å². The molecule has 0 spiro atoms. The first-order chi connectivity index (χ1) is 10.6. The van der Waals surface area contributed by atoms with Crippen LogP contribution in [0.3, 0.4) is 0 Å². The molecule has 1 rings (SSSR count). The van der Waals surface area contributed by atoms with E-state index in [0.29, 0.717) is 11.6 Å². The van der Waals surface area contributed by atoms with Crippen molar-refractivity contribution in [2.45, 2.75) is 47.1 Å². The van der Waals surface area contributed by atoms with Crippen LogP contribution in [0.15, 0.2) is 5.38 Å². The summed E-state index contributed by atoms with van der Waals surface area (Å²) in [6.07, 6.45) is 0.626. The van der Waals surface area contributed by atoms with Gasteiger partial charge in [-0.25, -0.2) is 9.78 Å². The van der Waals surface area contributed by atoms with Gasteiger partial charge in [0, 0.05) is 10.8 Å². The number of thiazole rings is 1. The SMILES string of the molecule is CCC(C)C(NC(=O)c1csc(NC(=O)C(C)(C)C)n1)C(=O)O. The molecule has 0 saturated heterocycles. The average molecular weight is 341 g/mol. The number of hydrogen-bond acceptors (Lipinski definition) is 5. The molecule has 1 heterocycles. The lowest BCUT2D eigenvalue weighted by molar-refractivity contribution is -0.140. The predicted octanol–water partition coefficient (Wildman–Crippen LogP) is 2.36. The van der Waals surface area contributed by atoms with Crippen LogP contribution >= 0.6 is 11.3 Å². The van der Waals surface area contributed by atoms with Crippen LogP contribution in [-0.4, -0.2) is 33.9 Å². The first kappa shape index (κ1) is 19.1. The highest BCUT2D eigenvalue weighted by atomic mass is 32.1. The fourth-order valence-corrected chi connectivity index (χ4v) is 2.30. The first-order valence-corrected chi connectivity index (χ1v) is 8.24. The Bertz CT molecular complexity index is 592. The molecule has 128 valence electrons. The Hall–Kier alpha value is -1.96. The van der Waals surface area contributed by atoms with Crippen molar-refractivity contribution in [1.29, 1.82) is 0 Å². The van der Waals surface area contributed by atoms with Gasteiger partial charge < -0.3 is 15.7 Å². The number of carbonyl (C=O) groups excluding carboxylic acids is 2. The lowest BCUT2D eigenvalue weighted by Crippen LogP contribution is -2.45. The molecule has 2 unspecified atom stereocenters. The molecule has 23 heavy (non-hydrogen) atoms. The molecule has 2 atom stereocenters. The number of carbonyl (C=O) groups is 3. The third-order valence-electron chi connectivity index (χ3n) is 3.40. The molecule has 1 aromatic rings. The predicted molar refractivity (Wildman–Crippen MR) is 88.5 cm³/mol. The number of anilines is 1. The van der Waals surface area contributed by atoms with Crippen LogP contribution in [0, 0.1) is 11.3 Å². The largest absolute Gasteiger partial charge is 0.480 e. The molecule has 2 amide bonds. The summed E-state index contributed by atoms with van der Waals surface area (Å²) < 4.78 is 0. The average Bonchev–Trinajstić information content (AvgIpc) is 2.90. The summed E-state index contributed by atoms with van der Waals surface area (Å²) in [4.78, 5) is 39.3. The molecule has 0 radical (unpaired) electrons. The van der Waals surface area contributed by atoms with E-state index in [1.165, 1.54) is 5.38 Å². The van der Waals surface area contributed by atoms with E-state index in [-0.39, 0.29) is 17.5 Å². The molecule has 7 nitrogen and oxygen atoms in total. The molecule has 1 aromatic heterocycles. The fourth-order valence-electron chi connectivity index (χ4n) is 1.62. The van der Waals surface area contributed by atoms with Gasteiger partial charge in [0.05, 0.1) is 0 Å². The van der Waals surface area contributed by atoms with Crippen molar-refractivity contribution >= 4 is 34.3 Å².